The molecule has 0 spiro atoms. The smallest absolute Gasteiger partial charge is 0.161 e. The topological polar surface area (TPSA) is 30.7 Å². The fourth-order valence-corrected chi connectivity index (χ4v) is 9.06. The highest BCUT2D eigenvalue weighted by atomic mass is 32.1. The van der Waals surface area contributed by atoms with E-state index in [1.165, 1.54) is 52.1 Å². The Balaban J connectivity index is 1.30. The Morgan fingerprint density at radius 3 is 2.00 bits per heavy atom. The Morgan fingerprint density at radius 1 is 0.467 bits per heavy atom. The van der Waals surface area contributed by atoms with Gasteiger partial charge in [-0.2, -0.15) is 0 Å². The molecule has 0 radical (unpaired) electrons. The monoisotopic (exact) mass is 609 g/mol. The molecule has 10 rings (SSSR count). The zero-order valence-corrected chi connectivity index (χ0v) is 25.6. The van der Waals surface area contributed by atoms with Crippen LogP contribution in [0.25, 0.3) is 90.6 Å². The van der Waals surface area contributed by atoms with Gasteiger partial charge >= 0.3 is 0 Å². The first kappa shape index (κ1) is 25.0. The van der Waals surface area contributed by atoms with E-state index in [2.05, 4.69) is 126 Å². The van der Waals surface area contributed by atoms with Crippen LogP contribution in [0.4, 0.5) is 0 Å². The standard InChI is InChI=1S/C40H23N3S2/c1-2-11-24(12-3-1)39-41-37(36-30-17-6-9-20-33(30)45-40(36)42-39)25-13-10-14-26(23-25)43-31-18-7-4-15-27(31)28-21-22-34-35(38(28)43)29-16-5-8-19-32(29)44-34/h1-23H. The van der Waals surface area contributed by atoms with Crippen LogP contribution in [0.3, 0.4) is 0 Å². The van der Waals surface area contributed by atoms with Gasteiger partial charge in [0.2, 0.25) is 0 Å². The Hall–Kier alpha value is -5.36. The molecule has 0 amide bonds. The maximum absolute atomic E-state index is 5.28. The molecule has 3 nitrogen and oxygen atoms in total. The minimum atomic E-state index is 0.748. The Labute approximate surface area is 266 Å². The lowest BCUT2D eigenvalue weighted by Crippen LogP contribution is -1.97. The average Bonchev–Trinajstić information content (AvgIpc) is 3.77. The number of benzene rings is 6. The van der Waals surface area contributed by atoms with E-state index in [1.807, 2.05) is 29.5 Å². The Bertz CT molecular complexity index is 2770. The molecular weight excluding hydrogens is 587 g/mol. The molecular formula is C40H23N3S2. The molecule has 0 aliphatic carbocycles. The van der Waals surface area contributed by atoms with E-state index in [0.717, 1.165) is 38.5 Å². The van der Waals surface area contributed by atoms with Crippen molar-refractivity contribution < 1.29 is 0 Å². The molecule has 4 aromatic heterocycles. The summed E-state index contributed by atoms with van der Waals surface area (Å²) in [7, 11) is 0. The predicted molar refractivity (Wildman–Crippen MR) is 193 cm³/mol. The van der Waals surface area contributed by atoms with Gasteiger partial charge in [0.05, 0.1) is 16.7 Å². The van der Waals surface area contributed by atoms with E-state index in [1.54, 1.807) is 11.3 Å². The van der Waals surface area contributed by atoms with Crippen LogP contribution in [0.1, 0.15) is 0 Å². The zero-order chi connectivity index (χ0) is 29.5. The third kappa shape index (κ3) is 3.69. The summed E-state index contributed by atoms with van der Waals surface area (Å²) >= 11 is 3.60. The lowest BCUT2D eigenvalue weighted by molar-refractivity contribution is 1.18. The van der Waals surface area contributed by atoms with Crippen LogP contribution in [-0.4, -0.2) is 14.5 Å². The lowest BCUT2D eigenvalue weighted by atomic mass is 10.0. The van der Waals surface area contributed by atoms with Crippen LogP contribution in [0.5, 0.6) is 0 Å². The third-order valence-electron chi connectivity index (χ3n) is 8.82. The number of aromatic nitrogens is 3. The maximum atomic E-state index is 5.28. The van der Waals surface area contributed by atoms with Crippen LogP contribution >= 0.6 is 22.7 Å². The van der Waals surface area contributed by atoms with Gasteiger partial charge in [-0.1, -0.05) is 103 Å². The molecule has 5 heteroatoms. The molecule has 10 aromatic rings. The number of rotatable bonds is 3. The summed E-state index contributed by atoms with van der Waals surface area (Å²) in [5.74, 6) is 0.748. The second-order valence-electron chi connectivity index (χ2n) is 11.4. The number of fused-ring (bicyclic) bond motifs is 10. The summed E-state index contributed by atoms with van der Waals surface area (Å²) in [5.41, 5.74) is 6.63. The van der Waals surface area contributed by atoms with Crippen LogP contribution < -0.4 is 0 Å². The largest absolute Gasteiger partial charge is 0.309 e. The van der Waals surface area contributed by atoms with Crippen molar-refractivity contribution in [3.05, 3.63) is 140 Å². The van der Waals surface area contributed by atoms with E-state index in [4.69, 9.17) is 9.97 Å². The second-order valence-corrected chi connectivity index (χ2v) is 13.5. The molecule has 6 aromatic carbocycles. The Morgan fingerprint density at radius 2 is 1.16 bits per heavy atom. The van der Waals surface area contributed by atoms with Crippen molar-refractivity contribution in [3.8, 4) is 28.3 Å². The van der Waals surface area contributed by atoms with Crippen LogP contribution in [0, 0.1) is 0 Å². The van der Waals surface area contributed by atoms with Crippen molar-refractivity contribution in [2.75, 3.05) is 0 Å². The van der Waals surface area contributed by atoms with Gasteiger partial charge in [0, 0.05) is 63.2 Å². The minimum absolute atomic E-state index is 0.748. The SMILES string of the molecule is c1ccc(-c2nc(-c3cccc(-n4c5ccccc5c5ccc6sc7ccccc7c6c54)c3)c3c(n2)sc2ccccc23)cc1. The van der Waals surface area contributed by atoms with Gasteiger partial charge in [0.15, 0.2) is 5.82 Å². The van der Waals surface area contributed by atoms with E-state index in [0.29, 0.717) is 0 Å². The molecule has 210 valence electrons. The van der Waals surface area contributed by atoms with Crippen molar-refractivity contribution >= 4 is 85.0 Å². The van der Waals surface area contributed by atoms with Gasteiger partial charge < -0.3 is 4.57 Å². The summed E-state index contributed by atoms with van der Waals surface area (Å²) < 4.78 is 6.29. The quantitative estimate of drug-likeness (QED) is 0.199. The molecule has 0 N–H and O–H groups in total. The highest BCUT2D eigenvalue weighted by Crippen LogP contribution is 2.44. The first-order valence-corrected chi connectivity index (χ1v) is 16.6. The van der Waals surface area contributed by atoms with E-state index in [-0.39, 0.29) is 0 Å². The highest BCUT2D eigenvalue weighted by Gasteiger charge is 2.20. The van der Waals surface area contributed by atoms with Crippen molar-refractivity contribution in [1.29, 1.82) is 0 Å². The van der Waals surface area contributed by atoms with Crippen LogP contribution in [0.2, 0.25) is 0 Å². The lowest BCUT2D eigenvalue weighted by Gasteiger charge is -2.12. The summed E-state index contributed by atoms with van der Waals surface area (Å²) in [6.07, 6.45) is 0. The molecule has 0 unspecified atom stereocenters. The summed E-state index contributed by atoms with van der Waals surface area (Å²) in [4.78, 5) is 11.4. The normalized spacial score (nSPS) is 12.0. The third-order valence-corrected chi connectivity index (χ3v) is 11.0. The van der Waals surface area contributed by atoms with Gasteiger partial charge in [0.25, 0.3) is 0 Å². The molecule has 0 saturated heterocycles. The van der Waals surface area contributed by atoms with Gasteiger partial charge in [0.1, 0.15) is 4.83 Å². The van der Waals surface area contributed by atoms with Gasteiger partial charge in [-0.05, 0) is 36.4 Å². The minimum Gasteiger partial charge on any atom is -0.309 e. The van der Waals surface area contributed by atoms with Gasteiger partial charge in [-0.15, -0.1) is 22.7 Å². The summed E-state index contributed by atoms with van der Waals surface area (Å²) in [5, 5.41) is 7.45. The fourth-order valence-electron chi connectivity index (χ4n) is 6.87. The molecule has 0 atom stereocenters. The van der Waals surface area contributed by atoms with Crippen molar-refractivity contribution in [3.63, 3.8) is 0 Å². The molecule has 0 saturated carbocycles. The number of hydrogen-bond acceptors (Lipinski definition) is 4. The van der Waals surface area contributed by atoms with E-state index in [9.17, 15) is 0 Å². The Kier molecular flexibility index (Phi) is 5.32. The molecule has 0 fully saturated rings. The highest BCUT2D eigenvalue weighted by molar-refractivity contribution is 7.26. The van der Waals surface area contributed by atoms with Crippen LogP contribution in [0.15, 0.2) is 140 Å². The number of nitrogens with zero attached hydrogens (tertiary/aromatic N) is 3. The fraction of sp³-hybridized carbons (Fsp3) is 0. The molecule has 0 aliphatic rings. The first-order valence-electron chi connectivity index (χ1n) is 15.0. The van der Waals surface area contributed by atoms with Crippen LogP contribution in [-0.2, 0) is 0 Å². The number of hydrogen-bond donors (Lipinski definition) is 0. The predicted octanol–water partition coefficient (Wildman–Crippen LogP) is 11.6. The van der Waals surface area contributed by atoms with Gasteiger partial charge in [-0.25, -0.2) is 9.97 Å². The van der Waals surface area contributed by atoms with Crippen molar-refractivity contribution in [2.45, 2.75) is 0 Å². The molecule has 0 bridgehead atoms. The molecule has 0 aliphatic heterocycles. The van der Waals surface area contributed by atoms with Crippen molar-refractivity contribution in [2.24, 2.45) is 0 Å². The number of thiophene rings is 2. The molecule has 45 heavy (non-hydrogen) atoms. The average molecular weight is 610 g/mol. The summed E-state index contributed by atoms with van der Waals surface area (Å²) in [6.45, 7) is 0. The zero-order valence-electron chi connectivity index (χ0n) is 23.9. The van der Waals surface area contributed by atoms with E-state index < -0.39 is 0 Å². The van der Waals surface area contributed by atoms with Crippen molar-refractivity contribution in [1.82, 2.24) is 14.5 Å². The van der Waals surface area contributed by atoms with Gasteiger partial charge in [-0.3, -0.25) is 0 Å². The number of para-hydroxylation sites is 1. The second kappa shape index (κ2) is 9.57. The first-order chi connectivity index (χ1) is 22.3. The maximum Gasteiger partial charge on any atom is 0.161 e. The van der Waals surface area contributed by atoms with E-state index >= 15 is 0 Å². The molecule has 4 heterocycles. The summed E-state index contributed by atoms with van der Waals surface area (Å²) in [6, 6.07) is 49.9.